The van der Waals surface area contributed by atoms with Crippen LogP contribution in [0.3, 0.4) is 0 Å². The van der Waals surface area contributed by atoms with Gasteiger partial charge in [0.2, 0.25) is 5.91 Å². The fraction of sp³-hybridized carbons (Fsp3) is 0.429. The van der Waals surface area contributed by atoms with E-state index in [-0.39, 0.29) is 42.8 Å². The average Bonchev–Trinajstić information content (AvgIpc) is 2.85. The molecule has 0 aliphatic carbocycles. The lowest BCUT2D eigenvalue weighted by Crippen LogP contribution is -2.41. The predicted octanol–water partition coefficient (Wildman–Crippen LogP) is 4.72. The van der Waals surface area contributed by atoms with Crippen LogP contribution >= 0.6 is 0 Å². The number of amides is 1. The van der Waals surface area contributed by atoms with Gasteiger partial charge in [-0.1, -0.05) is 63.2 Å². The van der Waals surface area contributed by atoms with E-state index in [1.54, 1.807) is 22.5 Å². The van der Waals surface area contributed by atoms with Crippen LogP contribution in [0.2, 0.25) is 0 Å². The number of carbonyl (C=O) groups excluding carboxylic acids is 2. The molecule has 0 spiro atoms. The van der Waals surface area contributed by atoms with Gasteiger partial charge in [0.15, 0.2) is 0 Å². The molecule has 0 saturated heterocycles. The Labute approximate surface area is 206 Å². The molecule has 0 bridgehead atoms. The van der Waals surface area contributed by atoms with Gasteiger partial charge in [0.25, 0.3) is 5.56 Å². The highest BCUT2D eigenvalue weighted by Crippen LogP contribution is 2.26. The van der Waals surface area contributed by atoms with Gasteiger partial charge in [-0.2, -0.15) is 0 Å². The van der Waals surface area contributed by atoms with Crippen LogP contribution in [0.5, 0.6) is 0 Å². The first-order valence-corrected chi connectivity index (χ1v) is 12.3. The lowest BCUT2D eigenvalue weighted by atomic mass is 10.1. The van der Waals surface area contributed by atoms with Crippen LogP contribution in [-0.4, -0.2) is 39.5 Å². The van der Waals surface area contributed by atoms with E-state index >= 15 is 0 Å². The van der Waals surface area contributed by atoms with Crippen LogP contribution in [0, 0.1) is 5.92 Å². The monoisotopic (exact) mass is 477 g/mol. The number of ether oxygens (including phenoxy) is 1. The number of esters is 1. The number of para-hydroxylation sites is 1. The summed E-state index contributed by atoms with van der Waals surface area (Å²) in [6.45, 7) is 8.96. The van der Waals surface area contributed by atoms with E-state index in [0.29, 0.717) is 36.2 Å². The first kappa shape index (κ1) is 26.1. The van der Waals surface area contributed by atoms with Gasteiger partial charge in [-0.3, -0.25) is 19.0 Å². The fourth-order valence-electron chi connectivity index (χ4n) is 4.28. The first-order valence-electron chi connectivity index (χ1n) is 12.3. The molecule has 7 nitrogen and oxygen atoms in total. The highest BCUT2D eigenvalue weighted by molar-refractivity contribution is 5.82. The second-order valence-electron chi connectivity index (χ2n) is 9.03. The third-order valence-electron chi connectivity index (χ3n) is 5.87. The molecule has 1 aromatic heterocycles. The number of nitrogens with zero attached hydrogens (tertiary/aromatic N) is 3. The molecular weight excluding hydrogens is 442 g/mol. The van der Waals surface area contributed by atoms with Crippen molar-refractivity contribution in [1.29, 1.82) is 0 Å². The van der Waals surface area contributed by atoms with Crippen molar-refractivity contribution in [3.63, 3.8) is 0 Å². The molecular formula is C28H35N3O4. The van der Waals surface area contributed by atoms with Crippen molar-refractivity contribution in [2.75, 3.05) is 13.2 Å². The molecule has 0 N–H and O–H groups in total. The van der Waals surface area contributed by atoms with Gasteiger partial charge < -0.3 is 9.64 Å². The van der Waals surface area contributed by atoms with E-state index in [2.05, 4.69) is 0 Å². The predicted molar refractivity (Wildman–Crippen MR) is 137 cm³/mol. The lowest BCUT2D eigenvalue weighted by Gasteiger charge is -2.33. The minimum Gasteiger partial charge on any atom is -0.466 e. The van der Waals surface area contributed by atoms with E-state index in [0.717, 1.165) is 5.56 Å². The van der Waals surface area contributed by atoms with Crippen molar-refractivity contribution in [2.24, 2.45) is 5.92 Å². The van der Waals surface area contributed by atoms with Crippen molar-refractivity contribution in [3.8, 4) is 0 Å². The summed E-state index contributed by atoms with van der Waals surface area (Å²) in [6, 6.07) is 16.7. The third-order valence-corrected chi connectivity index (χ3v) is 5.87. The molecule has 1 amide bonds. The van der Waals surface area contributed by atoms with Crippen LogP contribution in [0.4, 0.5) is 0 Å². The number of rotatable bonds is 11. The highest BCUT2D eigenvalue weighted by Gasteiger charge is 2.29. The van der Waals surface area contributed by atoms with Crippen molar-refractivity contribution in [1.82, 2.24) is 14.5 Å². The summed E-state index contributed by atoms with van der Waals surface area (Å²) in [7, 11) is 0. The molecule has 186 valence electrons. The maximum absolute atomic E-state index is 13.6. The van der Waals surface area contributed by atoms with Crippen LogP contribution in [0.15, 0.2) is 59.4 Å². The van der Waals surface area contributed by atoms with Crippen LogP contribution in [0.25, 0.3) is 10.9 Å². The Kier molecular flexibility index (Phi) is 9.18. The van der Waals surface area contributed by atoms with Crippen molar-refractivity contribution in [3.05, 3.63) is 76.3 Å². The van der Waals surface area contributed by atoms with E-state index in [9.17, 15) is 14.4 Å². The maximum atomic E-state index is 13.6. The molecule has 0 aliphatic rings. The van der Waals surface area contributed by atoms with Gasteiger partial charge in [0.05, 0.1) is 36.5 Å². The Morgan fingerprint density at radius 3 is 2.34 bits per heavy atom. The van der Waals surface area contributed by atoms with Gasteiger partial charge in [-0.05, 0) is 37.0 Å². The van der Waals surface area contributed by atoms with E-state index in [4.69, 9.17) is 9.72 Å². The number of fused-ring (bicyclic) bond motifs is 1. The van der Waals surface area contributed by atoms with Crippen LogP contribution in [-0.2, 0) is 20.9 Å². The second-order valence-corrected chi connectivity index (χ2v) is 9.03. The van der Waals surface area contributed by atoms with Crippen molar-refractivity contribution in [2.45, 2.75) is 59.5 Å². The van der Waals surface area contributed by atoms with Gasteiger partial charge in [0.1, 0.15) is 5.82 Å². The smallest absolute Gasteiger partial charge is 0.306 e. The Hall–Kier alpha value is -3.48. The Morgan fingerprint density at radius 1 is 1.00 bits per heavy atom. The second kappa shape index (κ2) is 12.3. The zero-order valence-corrected chi connectivity index (χ0v) is 21.1. The SMILES string of the molecule is CCOC(=O)CCC(=O)N(CC(C)C)C(CC)c1nc2ccccc2c(=O)n1Cc1ccccc1. The Balaban J connectivity index is 2.08. The molecule has 1 heterocycles. The highest BCUT2D eigenvalue weighted by atomic mass is 16.5. The lowest BCUT2D eigenvalue weighted by molar-refractivity contribution is -0.146. The summed E-state index contributed by atoms with van der Waals surface area (Å²) < 4.78 is 6.70. The number of benzene rings is 2. The normalized spacial score (nSPS) is 12.0. The minimum absolute atomic E-state index is 0.0275. The molecule has 0 saturated carbocycles. The van der Waals surface area contributed by atoms with Gasteiger partial charge in [-0.15, -0.1) is 0 Å². The van der Waals surface area contributed by atoms with Crippen molar-refractivity contribution >= 4 is 22.8 Å². The first-order chi connectivity index (χ1) is 16.8. The quantitative estimate of drug-likeness (QED) is 0.373. The number of hydrogen-bond acceptors (Lipinski definition) is 5. The minimum atomic E-state index is -0.409. The summed E-state index contributed by atoms with van der Waals surface area (Å²) in [5, 5.41) is 0.547. The molecule has 0 aliphatic heterocycles. The Morgan fingerprint density at radius 2 is 1.69 bits per heavy atom. The maximum Gasteiger partial charge on any atom is 0.306 e. The zero-order valence-electron chi connectivity index (χ0n) is 21.1. The van der Waals surface area contributed by atoms with Gasteiger partial charge >= 0.3 is 5.97 Å². The molecule has 7 heteroatoms. The molecule has 3 rings (SSSR count). The number of aromatic nitrogens is 2. The number of hydrogen-bond donors (Lipinski definition) is 0. The molecule has 1 atom stereocenters. The molecule has 0 radical (unpaired) electrons. The summed E-state index contributed by atoms with van der Waals surface area (Å²) in [5.41, 5.74) is 1.46. The van der Waals surface area contributed by atoms with Crippen molar-refractivity contribution < 1.29 is 14.3 Å². The molecule has 2 aromatic carbocycles. The Bertz CT molecular complexity index is 1200. The van der Waals surface area contributed by atoms with E-state index in [1.165, 1.54) is 0 Å². The average molecular weight is 478 g/mol. The summed E-state index contributed by atoms with van der Waals surface area (Å²) >= 11 is 0. The summed E-state index contributed by atoms with van der Waals surface area (Å²) in [4.78, 5) is 45.6. The molecule has 0 fully saturated rings. The van der Waals surface area contributed by atoms with E-state index in [1.807, 2.05) is 69.3 Å². The molecule has 1 unspecified atom stereocenters. The fourth-order valence-corrected chi connectivity index (χ4v) is 4.28. The number of carbonyl (C=O) groups is 2. The summed E-state index contributed by atoms with van der Waals surface area (Å²) in [6.07, 6.45) is 0.662. The van der Waals surface area contributed by atoms with Crippen LogP contribution in [0.1, 0.15) is 64.4 Å². The summed E-state index contributed by atoms with van der Waals surface area (Å²) in [5.74, 6) is 0.228. The van der Waals surface area contributed by atoms with Gasteiger partial charge in [-0.25, -0.2) is 4.98 Å². The zero-order chi connectivity index (χ0) is 25.4. The largest absolute Gasteiger partial charge is 0.466 e. The third kappa shape index (κ3) is 6.56. The topological polar surface area (TPSA) is 81.5 Å². The van der Waals surface area contributed by atoms with Crippen LogP contribution < -0.4 is 5.56 Å². The van der Waals surface area contributed by atoms with Gasteiger partial charge in [0, 0.05) is 13.0 Å². The van der Waals surface area contributed by atoms with E-state index < -0.39 is 6.04 Å². The standard InChI is InChI=1S/C28H35N3O4/c1-5-24(30(18-20(3)4)25(32)16-17-26(33)35-6-2)27-29-23-15-11-10-14-22(23)28(34)31(27)19-21-12-8-7-9-13-21/h7-15,20,24H,5-6,16-19H2,1-4H3. The molecule has 3 aromatic rings. The molecule has 35 heavy (non-hydrogen) atoms.